The third-order valence-electron chi connectivity index (χ3n) is 2.77. The Labute approximate surface area is 129 Å². The van der Waals surface area contributed by atoms with Crippen molar-refractivity contribution in [3.8, 4) is 5.75 Å². The van der Waals surface area contributed by atoms with Gasteiger partial charge in [0.15, 0.2) is 5.11 Å². The first-order valence-corrected chi connectivity index (χ1v) is 6.76. The Morgan fingerprint density at radius 1 is 1.19 bits per heavy atom. The second-order valence-corrected chi connectivity index (χ2v) is 4.50. The molecule has 0 bridgehead atoms. The fraction of sp³-hybridized carbons (Fsp3) is 0.133. The highest BCUT2D eigenvalue weighted by Gasteiger charge is 2.09. The predicted octanol–water partition coefficient (Wildman–Crippen LogP) is 1.94. The number of rotatable bonds is 4. The molecule has 0 unspecified atom stereocenters. The van der Waals surface area contributed by atoms with Gasteiger partial charge in [-0.3, -0.25) is 10.4 Å². The molecule has 0 radical (unpaired) electrons. The van der Waals surface area contributed by atoms with Crippen LogP contribution in [0, 0.1) is 0 Å². The lowest BCUT2D eigenvalue weighted by molar-refractivity contribution is 0.415. The van der Waals surface area contributed by atoms with Crippen molar-refractivity contribution < 1.29 is 4.74 Å². The van der Waals surface area contributed by atoms with Crippen LogP contribution in [0.4, 0.5) is 0 Å². The summed E-state index contributed by atoms with van der Waals surface area (Å²) in [4.78, 5) is 4.34. The second-order valence-electron chi connectivity index (χ2n) is 4.09. The van der Waals surface area contributed by atoms with Crippen molar-refractivity contribution in [2.24, 2.45) is 5.10 Å². The maximum absolute atomic E-state index is 5.17. The van der Waals surface area contributed by atoms with Gasteiger partial charge in [-0.2, -0.15) is 5.10 Å². The molecule has 21 heavy (non-hydrogen) atoms. The van der Waals surface area contributed by atoms with Crippen LogP contribution in [0.3, 0.4) is 0 Å². The van der Waals surface area contributed by atoms with Gasteiger partial charge in [0.2, 0.25) is 0 Å². The van der Waals surface area contributed by atoms with E-state index in [0.29, 0.717) is 10.8 Å². The van der Waals surface area contributed by atoms with E-state index in [0.717, 1.165) is 17.0 Å². The number of benzene rings is 1. The molecule has 2 aromatic rings. The van der Waals surface area contributed by atoms with Gasteiger partial charge in [-0.15, -0.1) is 0 Å². The molecule has 0 aliphatic carbocycles. The van der Waals surface area contributed by atoms with Crippen LogP contribution in [-0.2, 0) is 0 Å². The largest absolute Gasteiger partial charge is 0.497 e. The molecule has 1 aromatic heterocycles. The molecule has 6 heteroatoms. The fourth-order valence-electron chi connectivity index (χ4n) is 1.68. The van der Waals surface area contributed by atoms with Crippen molar-refractivity contribution in [1.82, 2.24) is 15.7 Å². The Balaban J connectivity index is 2.37. The number of thiocarbonyl (C=S) groups is 1. The van der Waals surface area contributed by atoms with E-state index in [4.69, 9.17) is 17.0 Å². The first-order chi connectivity index (χ1) is 10.2. The fourth-order valence-corrected chi connectivity index (χ4v) is 1.73. The molecule has 1 aromatic carbocycles. The standard InChI is InChI=1S/C15H16N4OS/c1-16-15(21)19-18-14(13-5-3-4-10-17-13)11-6-8-12(20-2)9-7-11/h3-10H,1-2H3,(H2,16,19,21)/b18-14+. The van der Waals surface area contributed by atoms with Gasteiger partial charge in [0.1, 0.15) is 11.5 Å². The first-order valence-electron chi connectivity index (χ1n) is 6.36. The van der Waals surface area contributed by atoms with Crippen LogP contribution in [0.25, 0.3) is 0 Å². The van der Waals surface area contributed by atoms with E-state index in [1.165, 1.54) is 0 Å². The van der Waals surface area contributed by atoms with Gasteiger partial charge in [-0.1, -0.05) is 6.07 Å². The van der Waals surface area contributed by atoms with Crippen molar-refractivity contribution in [2.75, 3.05) is 14.2 Å². The average Bonchev–Trinajstić information content (AvgIpc) is 2.56. The number of pyridine rings is 1. The normalized spacial score (nSPS) is 10.9. The van der Waals surface area contributed by atoms with Crippen LogP contribution >= 0.6 is 12.2 Å². The summed E-state index contributed by atoms with van der Waals surface area (Å²) in [6.07, 6.45) is 1.73. The summed E-state index contributed by atoms with van der Waals surface area (Å²) in [6, 6.07) is 13.3. The van der Waals surface area contributed by atoms with E-state index in [9.17, 15) is 0 Å². The maximum Gasteiger partial charge on any atom is 0.186 e. The monoisotopic (exact) mass is 300 g/mol. The molecule has 108 valence electrons. The van der Waals surface area contributed by atoms with Crippen LogP contribution in [0.2, 0.25) is 0 Å². The molecule has 0 atom stereocenters. The van der Waals surface area contributed by atoms with Crippen molar-refractivity contribution in [2.45, 2.75) is 0 Å². The molecule has 5 nitrogen and oxygen atoms in total. The number of aromatic nitrogens is 1. The highest BCUT2D eigenvalue weighted by atomic mass is 32.1. The van der Waals surface area contributed by atoms with Gasteiger partial charge in [0, 0.05) is 18.8 Å². The van der Waals surface area contributed by atoms with Gasteiger partial charge in [-0.25, -0.2) is 0 Å². The minimum absolute atomic E-state index is 0.442. The molecule has 2 N–H and O–H groups in total. The van der Waals surface area contributed by atoms with E-state index in [1.54, 1.807) is 20.4 Å². The van der Waals surface area contributed by atoms with E-state index < -0.39 is 0 Å². The smallest absolute Gasteiger partial charge is 0.186 e. The molecular weight excluding hydrogens is 284 g/mol. The Hall–Kier alpha value is -2.47. The SMILES string of the molecule is CNC(=S)N/N=C(\c1ccc(OC)cc1)c1ccccn1. The lowest BCUT2D eigenvalue weighted by atomic mass is 10.1. The third kappa shape index (κ3) is 4.00. The number of hydrogen-bond donors (Lipinski definition) is 2. The second kappa shape index (κ2) is 7.35. The topological polar surface area (TPSA) is 58.5 Å². The van der Waals surface area contributed by atoms with Crippen LogP contribution < -0.4 is 15.5 Å². The van der Waals surface area contributed by atoms with Gasteiger partial charge < -0.3 is 10.1 Å². The van der Waals surface area contributed by atoms with E-state index >= 15 is 0 Å². The number of methoxy groups -OCH3 is 1. The number of ether oxygens (including phenoxy) is 1. The number of hydrogen-bond acceptors (Lipinski definition) is 4. The lowest BCUT2D eigenvalue weighted by Gasteiger charge is -2.08. The molecular formula is C15H16N4OS. The zero-order valence-corrected chi connectivity index (χ0v) is 12.6. The van der Waals surface area contributed by atoms with E-state index in [-0.39, 0.29) is 0 Å². The Bertz CT molecular complexity index is 626. The molecule has 0 saturated carbocycles. The first kappa shape index (κ1) is 14.9. The summed E-state index contributed by atoms with van der Waals surface area (Å²) < 4.78 is 5.17. The summed E-state index contributed by atoms with van der Waals surface area (Å²) in [7, 11) is 3.37. The summed E-state index contributed by atoms with van der Waals surface area (Å²) in [5, 5.41) is 7.61. The number of hydrazone groups is 1. The predicted molar refractivity (Wildman–Crippen MR) is 87.7 cm³/mol. The molecule has 0 spiro atoms. The third-order valence-corrected chi connectivity index (χ3v) is 3.06. The molecule has 0 saturated heterocycles. The number of nitrogens with one attached hydrogen (secondary N) is 2. The van der Waals surface area contributed by atoms with Gasteiger partial charge >= 0.3 is 0 Å². The van der Waals surface area contributed by atoms with Gasteiger partial charge in [-0.05, 0) is 48.6 Å². The van der Waals surface area contributed by atoms with Gasteiger partial charge in [0.25, 0.3) is 0 Å². The van der Waals surface area contributed by atoms with Crippen LogP contribution in [-0.4, -0.2) is 30.0 Å². The highest BCUT2D eigenvalue weighted by molar-refractivity contribution is 7.80. The molecule has 1 heterocycles. The zero-order valence-electron chi connectivity index (χ0n) is 11.8. The molecule has 0 fully saturated rings. The van der Waals surface area contributed by atoms with Crippen LogP contribution in [0.15, 0.2) is 53.8 Å². The molecule has 0 aliphatic rings. The quantitative estimate of drug-likeness (QED) is 0.513. The Morgan fingerprint density at radius 3 is 2.52 bits per heavy atom. The van der Waals surface area contributed by atoms with Crippen molar-refractivity contribution in [3.05, 3.63) is 59.9 Å². The highest BCUT2D eigenvalue weighted by Crippen LogP contribution is 2.14. The summed E-state index contributed by atoms with van der Waals surface area (Å²) in [5.74, 6) is 0.790. The maximum atomic E-state index is 5.17. The van der Waals surface area contributed by atoms with Crippen LogP contribution in [0.5, 0.6) is 5.75 Å². The Morgan fingerprint density at radius 2 is 1.95 bits per heavy atom. The van der Waals surface area contributed by atoms with Crippen molar-refractivity contribution in [3.63, 3.8) is 0 Å². The number of nitrogens with zero attached hydrogens (tertiary/aromatic N) is 2. The van der Waals surface area contributed by atoms with Crippen molar-refractivity contribution in [1.29, 1.82) is 0 Å². The van der Waals surface area contributed by atoms with E-state index in [2.05, 4.69) is 20.8 Å². The minimum atomic E-state index is 0.442. The zero-order chi connectivity index (χ0) is 15.1. The minimum Gasteiger partial charge on any atom is -0.497 e. The average molecular weight is 300 g/mol. The Kier molecular flexibility index (Phi) is 5.22. The van der Waals surface area contributed by atoms with E-state index in [1.807, 2.05) is 42.5 Å². The summed E-state index contributed by atoms with van der Waals surface area (Å²) in [6.45, 7) is 0. The summed E-state index contributed by atoms with van der Waals surface area (Å²) in [5.41, 5.74) is 5.18. The van der Waals surface area contributed by atoms with Gasteiger partial charge in [0.05, 0.1) is 12.8 Å². The molecule has 0 amide bonds. The lowest BCUT2D eigenvalue weighted by Crippen LogP contribution is -2.29. The van der Waals surface area contributed by atoms with Crippen LogP contribution in [0.1, 0.15) is 11.3 Å². The summed E-state index contributed by atoms with van der Waals surface area (Å²) >= 11 is 5.04. The molecule has 0 aliphatic heterocycles. The van der Waals surface area contributed by atoms with Crippen molar-refractivity contribution >= 4 is 23.0 Å². The molecule has 2 rings (SSSR count).